The fourth-order valence-electron chi connectivity index (χ4n) is 3.13. The number of hydrogen-bond donors (Lipinski definition) is 3. The minimum absolute atomic E-state index is 0.0977. The van der Waals surface area contributed by atoms with Crippen LogP contribution in [0.2, 0.25) is 0 Å². The van der Waals surface area contributed by atoms with E-state index in [0.717, 1.165) is 44.9 Å². The molecule has 130 valence electrons. The van der Waals surface area contributed by atoms with E-state index in [2.05, 4.69) is 59.8 Å². The molecular weight excluding hydrogens is 300 g/mol. The van der Waals surface area contributed by atoms with Crippen molar-refractivity contribution in [3.05, 3.63) is 36.0 Å². The summed E-state index contributed by atoms with van der Waals surface area (Å²) in [6, 6.07) is 10.6. The number of para-hydroxylation sites is 1. The molecule has 0 radical (unpaired) electrons. The van der Waals surface area contributed by atoms with Gasteiger partial charge in [-0.3, -0.25) is 4.99 Å². The zero-order chi connectivity index (χ0) is 16.8. The summed E-state index contributed by atoms with van der Waals surface area (Å²) in [6.07, 6.45) is 3.16. The largest absolute Gasteiger partial charge is 0.373 e. The number of aromatic amines is 1. The van der Waals surface area contributed by atoms with Crippen LogP contribution in [0.5, 0.6) is 0 Å². The maximum absolute atomic E-state index is 5.81. The molecule has 1 aromatic carbocycles. The highest BCUT2D eigenvalue weighted by atomic mass is 16.5. The molecule has 0 amide bonds. The third kappa shape index (κ3) is 4.29. The van der Waals surface area contributed by atoms with Crippen molar-refractivity contribution in [2.45, 2.75) is 38.7 Å². The molecule has 1 atom stereocenters. The highest BCUT2D eigenvalue weighted by Gasteiger charge is 2.29. The lowest BCUT2D eigenvalue weighted by atomic mass is 10.0. The van der Waals surface area contributed by atoms with E-state index in [1.165, 1.54) is 16.6 Å². The lowest BCUT2D eigenvalue weighted by Crippen LogP contribution is -2.40. The number of nitrogens with zero attached hydrogens (tertiary/aromatic N) is 1. The van der Waals surface area contributed by atoms with Crippen LogP contribution in [0.4, 0.5) is 0 Å². The van der Waals surface area contributed by atoms with Gasteiger partial charge in [-0.1, -0.05) is 18.2 Å². The Balaban J connectivity index is 1.53. The molecule has 0 spiro atoms. The minimum Gasteiger partial charge on any atom is -0.373 e. The number of fused-ring (bicyclic) bond motifs is 1. The summed E-state index contributed by atoms with van der Waals surface area (Å²) in [5.74, 6) is 0.866. The molecular formula is C19H28N4O. The van der Waals surface area contributed by atoms with E-state index in [1.807, 2.05) is 0 Å². The monoisotopic (exact) mass is 328 g/mol. The molecule has 3 rings (SSSR count). The topological polar surface area (TPSA) is 61.4 Å². The highest BCUT2D eigenvalue weighted by molar-refractivity contribution is 5.81. The van der Waals surface area contributed by atoms with Gasteiger partial charge < -0.3 is 20.4 Å². The van der Waals surface area contributed by atoms with E-state index in [9.17, 15) is 0 Å². The van der Waals surface area contributed by atoms with E-state index in [0.29, 0.717) is 6.54 Å². The fraction of sp³-hybridized carbons (Fsp3) is 0.526. The number of H-pyrrole nitrogens is 1. The number of hydrogen-bond acceptors (Lipinski definition) is 2. The van der Waals surface area contributed by atoms with Gasteiger partial charge in [-0.25, -0.2) is 0 Å². The van der Waals surface area contributed by atoms with Crippen molar-refractivity contribution in [1.82, 2.24) is 15.6 Å². The Morgan fingerprint density at radius 2 is 2.21 bits per heavy atom. The molecule has 0 bridgehead atoms. The second-order valence-corrected chi connectivity index (χ2v) is 6.66. The van der Waals surface area contributed by atoms with Crippen LogP contribution in [0.15, 0.2) is 35.3 Å². The first-order chi connectivity index (χ1) is 11.7. The van der Waals surface area contributed by atoms with E-state index in [-0.39, 0.29) is 5.60 Å². The number of rotatable bonds is 6. The van der Waals surface area contributed by atoms with Crippen molar-refractivity contribution >= 4 is 16.9 Å². The van der Waals surface area contributed by atoms with E-state index >= 15 is 0 Å². The molecule has 5 heteroatoms. The Morgan fingerprint density at radius 1 is 1.33 bits per heavy atom. The van der Waals surface area contributed by atoms with Crippen molar-refractivity contribution in [3.63, 3.8) is 0 Å². The smallest absolute Gasteiger partial charge is 0.191 e. The molecule has 0 aliphatic carbocycles. The first-order valence-corrected chi connectivity index (χ1v) is 8.91. The van der Waals surface area contributed by atoms with Gasteiger partial charge in [0.25, 0.3) is 0 Å². The Kier molecular flexibility index (Phi) is 5.41. The summed E-state index contributed by atoms with van der Waals surface area (Å²) < 4.78 is 5.81. The zero-order valence-electron chi connectivity index (χ0n) is 14.7. The Labute approximate surface area is 143 Å². The van der Waals surface area contributed by atoms with Crippen LogP contribution < -0.4 is 10.6 Å². The molecule has 3 N–H and O–H groups in total. The van der Waals surface area contributed by atoms with Gasteiger partial charge in [-0.05, 0) is 44.2 Å². The van der Waals surface area contributed by atoms with Crippen LogP contribution >= 0.6 is 0 Å². The average Bonchev–Trinajstić information content (AvgIpc) is 3.19. The van der Waals surface area contributed by atoms with Crippen LogP contribution in [0.3, 0.4) is 0 Å². The van der Waals surface area contributed by atoms with Gasteiger partial charge in [0.2, 0.25) is 0 Å². The Bertz CT molecular complexity index is 652. The first-order valence-electron chi connectivity index (χ1n) is 8.91. The molecule has 1 fully saturated rings. The molecule has 1 saturated heterocycles. The minimum atomic E-state index is -0.0977. The number of ether oxygens (including phenoxy) is 1. The molecule has 2 aromatic rings. The van der Waals surface area contributed by atoms with Crippen molar-refractivity contribution in [3.8, 4) is 0 Å². The Hall–Kier alpha value is -2.01. The number of aromatic nitrogens is 1. The normalized spacial score (nSPS) is 21.3. The second kappa shape index (κ2) is 7.71. The van der Waals surface area contributed by atoms with Gasteiger partial charge >= 0.3 is 0 Å². The average molecular weight is 328 g/mol. The van der Waals surface area contributed by atoms with Crippen LogP contribution in [-0.4, -0.2) is 42.8 Å². The lowest BCUT2D eigenvalue weighted by Gasteiger charge is -2.21. The third-order valence-electron chi connectivity index (χ3n) is 4.49. The maximum Gasteiger partial charge on any atom is 0.191 e. The zero-order valence-corrected chi connectivity index (χ0v) is 14.7. The standard InChI is InChI=1S/C19H28N4O/c1-3-20-18(22-14-19(2)10-6-12-24-19)21-11-9-16-13-15-7-4-5-8-17(15)23-16/h4-5,7-8,13,23H,3,6,9-12,14H2,1-2H3,(H2,20,21,22). The number of nitrogens with one attached hydrogen (secondary N) is 3. The predicted molar refractivity (Wildman–Crippen MR) is 99.6 cm³/mol. The summed E-state index contributed by atoms with van der Waals surface area (Å²) in [7, 11) is 0. The maximum atomic E-state index is 5.81. The van der Waals surface area contributed by atoms with Crippen molar-refractivity contribution in [1.29, 1.82) is 0 Å². The van der Waals surface area contributed by atoms with E-state index in [4.69, 9.17) is 9.73 Å². The number of benzene rings is 1. The number of guanidine groups is 1. The van der Waals surface area contributed by atoms with Crippen LogP contribution in [0.1, 0.15) is 32.4 Å². The molecule has 1 aliphatic heterocycles. The number of aliphatic imine (C=N–C) groups is 1. The first kappa shape index (κ1) is 16.8. The predicted octanol–water partition coefficient (Wildman–Crippen LogP) is 2.83. The summed E-state index contributed by atoms with van der Waals surface area (Å²) in [5, 5.41) is 7.99. The molecule has 1 aliphatic rings. The third-order valence-corrected chi connectivity index (χ3v) is 4.49. The summed E-state index contributed by atoms with van der Waals surface area (Å²) >= 11 is 0. The molecule has 1 aromatic heterocycles. The molecule has 5 nitrogen and oxygen atoms in total. The van der Waals surface area contributed by atoms with E-state index < -0.39 is 0 Å². The second-order valence-electron chi connectivity index (χ2n) is 6.66. The van der Waals surface area contributed by atoms with Crippen molar-refractivity contribution in [2.24, 2.45) is 4.99 Å². The fourth-order valence-corrected chi connectivity index (χ4v) is 3.13. The quantitative estimate of drug-likeness (QED) is 0.564. The van der Waals surface area contributed by atoms with Gasteiger partial charge in [0.15, 0.2) is 5.96 Å². The molecule has 1 unspecified atom stereocenters. The van der Waals surface area contributed by atoms with Crippen LogP contribution in [-0.2, 0) is 11.2 Å². The Morgan fingerprint density at radius 3 is 2.96 bits per heavy atom. The SMILES string of the molecule is CCNC(=NCC1(C)CCCO1)NCCc1cc2ccccc2[nH]1. The molecule has 0 saturated carbocycles. The molecule has 24 heavy (non-hydrogen) atoms. The van der Waals surface area contributed by atoms with Gasteiger partial charge in [0.1, 0.15) is 0 Å². The van der Waals surface area contributed by atoms with Gasteiger partial charge in [0.05, 0.1) is 12.1 Å². The van der Waals surface area contributed by atoms with Gasteiger partial charge in [-0.15, -0.1) is 0 Å². The summed E-state index contributed by atoms with van der Waals surface area (Å²) in [5.41, 5.74) is 2.34. The van der Waals surface area contributed by atoms with Crippen molar-refractivity contribution < 1.29 is 4.74 Å². The van der Waals surface area contributed by atoms with Crippen LogP contribution in [0, 0.1) is 0 Å². The van der Waals surface area contributed by atoms with E-state index in [1.54, 1.807) is 0 Å². The van der Waals surface area contributed by atoms with Gasteiger partial charge in [0, 0.05) is 37.3 Å². The summed E-state index contributed by atoms with van der Waals surface area (Å²) in [4.78, 5) is 8.16. The van der Waals surface area contributed by atoms with Crippen LogP contribution in [0.25, 0.3) is 10.9 Å². The van der Waals surface area contributed by atoms with Crippen molar-refractivity contribution in [2.75, 3.05) is 26.2 Å². The van der Waals surface area contributed by atoms with Gasteiger partial charge in [-0.2, -0.15) is 0 Å². The lowest BCUT2D eigenvalue weighted by molar-refractivity contribution is 0.0283. The summed E-state index contributed by atoms with van der Waals surface area (Å²) in [6.45, 7) is 7.50. The molecule has 2 heterocycles. The highest BCUT2D eigenvalue weighted by Crippen LogP contribution is 2.25.